The third-order valence-electron chi connectivity index (χ3n) is 3.58. The van der Waals surface area contributed by atoms with Gasteiger partial charge in [-0.05, 0) is 19.9 Å². The number of rotatable bonds is 1. The summed E-state index contributed by atoms with van der Waals surface area (Å²) in [4.78, 5) is 10.7. The Labute approximate surface area is 122 Å². The molecule has 5 nitrogen and oxygen atoms in total. The highest BCUT2D eigenvalue weighted by atomic mass is 35.5. The first-order chi connectivity index (χ1) is 9.58. The number of hydrogen-bond acceptors (Lipinski definition) is 5. The minimum absolute atomic E-state index is 0.167. The fourth-order valence-corrected chi connectivity index (χ4v) is 2.88. The molecule has 2 atom stereocenters. The lowest BCUT2D eigenvalue weighted by Gasteiger charge is -2.39. The van der Waals surface area contributed by atoms with Crippen LogP contribution in [0.2, 0.25) is 5.15 Å². The van der Waals surface area contributed by atoms with Gasteiger partial charge in [0.05, 0.1) is 25.3 Å². The minimum Gasteiger partial charge on any atom is -0.507 e. The van der Waals surface area contributed by atoms with E-state index in [4.69, 9.17) is 16.3 Å². The highest BCUT2D eigenvalue weighted by Gasteiger charge is 2.27. The average molecular weight is 294 g/mol. The number of nitrogens with zero attached hydrogens (tertiary/aromatic N) is 3. The Hall–Kier alpha value is -1.59. The standard InChI is InChI=1S/C14H16ClN3O2/c1-8-6-20-7-9(2)18(8)12-5-11(19)10-3-4-16-14(15)13(10)17-12/h3-5,8-9H,6-7H2,1-2H3,(H,17,19)/t8-,9-/m1/s1. The number of anilines is 1. The molecule has 1 aliphatic rings. The van der Waals surface area contributed by atoms with Crippen molar-refractivity contribution in [2.45, 2.75) is 25.9 Å². The van der Waals surface area contributed by atoms with Crippen molar-refractivity contribution in [2.75, 3.05) is 18.1 Å². The molecule has 106 valence electrons. The third kappa shape index (κ3) is 2.17. The van der Waals surface area contributed by atoms with E-state index < -0.39 is 0 Å². The van der Waals surface area contributed by atoms with Crippen molar-refractivity contribution in [1.82, 2.24) is 9.97 Å². The van der Waals surface area contributed by atoms with Gasteiger partial charge in [0.1, 0.15) is 17.1 Å². The fraction of sp³-hybridized carbons (Fsp3) is 0.429. The van der Waals surface area contributed by atoms with E-state index >= 15 is 0 Å². The lowest BCUT2D eigenvalue weighted by molar-refractivity contribution is 0.0752. The van der Waals surface area contributed by atoms with Crippen molar-refractivity contribution < 1.29 is 9.84 Å². The van der Waals surface area contributed by atoms with Crippen molar-refractivity contribution in [1.29, 1.82) is 0 Å². The van der Waals surface area contributed by atoms with Gasteiger partial charge < -0.3 is 14.7 Å². The first kappa shape index (κ1) is 13.4. The van der Waals surface area contributed by atoms with E-state index in [1.54, 1.807) is 18.3 Å². The van der Waals surface area contributed by atoms with E-state index in [-0.39, 0.29) is 17.8 Å². The van der Waals surface area contributed by atoms with Gasteiger partial charge >= 0.3 is 0 Å². The Morgan fingerprint density at radius 3 is 2.75 bits per heavy atom. The topological polar surface area (TPSA) is 58.5 Å². The second-order valence-corrected chi connectivity index (χ2v) is 5.50. The molecule has 20 heavy (non-hydrogen) atoms. The average Bonchev–Trinajstić information content (AvgIpc) is 2.40. The van der Waals surface area contributed by atoms with Crippen LogP contribution in [0.1, 0.15) is 13.8 Å². The van der Waals surface area contributed by atoms with Crippen molar-refractivity contribution >= 4 is 28.3 Å². The summed E-state index contributed by atoms with van der Waals surface area (Å²) in [5, 5.41) is 11.1. The molecule has 0 unspecified atom stereocenters. The van der Waals surface area contributed by atoms with Crippen LogP contribution in [0.4, 0.5) is 5.82 Å². The van der Waals surface area contributed by atoms with Gasteiger partial charge in [-0.25, -0.2) is 9.97 Å². The summed E-state index contributed by atoms with van der Waals surface area (Å²) in [5.74, 6) is 0.869. The summed E-state index contributed by atoms with van der Waals surface area (Å²) >= 11 is 6.08. The van der Waals surface area contributed by atoms with Crippen molar-refractivity contribution in [3.8, 4) is 5.75 Å². The normalized spacial score (nSPS) is 23.2. The molecule has 1 fully saturated rings. The molecular weight excluding hydrogens is 278 g/mol. The highest BCUT2D eigenvalue weighted by molar-refractivity contribution is 6.33. The Kier molecular flexibility index (Phi) is 3.40. The predicted molar refractivity (Wildman–Crippen MR) is 78.4 cm³/mol. The summed E-state index contributed by atoms with van der Waals surface area (Å²) in [6.45, 7) is 5.43. The molecular formula is C14H16ClN3O2. The van der Waals surface area contributed by atoms with Crippen molar-refractivity contribution in [3.63, 3.8) is 0 Å². The molecule has 0 aliphatic carbocycles. The van der Waals surface area contributed by atoms with Crippen LogP contribution < -0.4 is 4.90 Å². The molecule has 0 aromatic carbocycles. The molecule has 1 aliphatic heterocycles. The number of hydrogen-bond donors (Lipinski definition) is 1. The minimum atomic E-state index is 0.167. The molecule has 6 heteroatoms. The molecule has 3 rings (SSSR count). The first-order valence-electron chi connectivity index (χ1n) is 6.58. The number of aromatic hydroxyl groups is 1. The zero-order chi connectivity index (χ0) is 14.3. The van der Waals surface area contributed by atoms with Crippen molar-refractivity contribution in [2.24, 2.45) is 0 Å². The highest BCUT2D eigenvalue weighted by Crippen LogP contribution is 2.32. The summed E-state index contributed by atoms with van der Waals surface area (Å²) in [6.07, 6.45) is 1.56. The Bertz CT molecular complexity index is 640. The maximum Gasteiger partial charge on any atom is 0.155 e. The smallest absolute Gasteiger partial charge is 0.155 e. The molecule has 0 spiro atoms. The lowest BCUT2D eigenvalue weighted by atomic mass is 10.1. The Morgan fingerprint density at radius 1 is 1.35 bits per heavy atom. The molecule has 3 heterocycles. The van der Waals surface area contributed by atoms with Gasteiger partial charge in [-0.15, -0.1) is 0 Å². The SMILES string of the molecule is C[C@@H]1COC[C@@H](C)N1c1cc(O)c2ccnc(Cl)c2n1. The molecule has 0 saturated carbocycles. The van der Waals surface area contributed by atoms with Gasteiger partial charge in [-0.2, -0.15) is 0 Å². The van der Waals surface area contributed by atoms with E-state index in [0.717, 1.165) is 0 Å². The Morgan fingerprint density at radius 2 is 2.05 bits per heavy atom. The summed E-state index contributed by atoms with van der Waals surface area (Å²) in [6, 6.07) is 3.77. The lowest BCUT2D eigenvalue weighted by Crippen LogP contribution is -2.50. The van der Waals surface area contributed by atoms with E-state index in [0.29, 0.717) is 35.1 Å². The second-order valence-electron chi connectivity index (χ2n) is 5.14. The molecule has 1 saturated heterocycles. The van der Waals surface area contributed by atoms with Gasteiger partial charge in [0, 0.05) is 17.6 Å². The number of morpholine rings is 1. The number of aromatic nitrogens is 2. The van der Waals surface area contributed by atoms with Crippen LogP contribution >= 0.6 is 11.6 Å². The fourth-order valence-electron chi connectivity index (χ4n) is 2.68. The number of pyridine rings is 2. The molecule has 1 N–H and O–H groups in total. The number of fused-ring (bicyclic) bond motifs is 1. The maximum absolute atomic E-state index is 10.2. The van der Waals surface area contributed by atoms with Crippen LogP contribution in [0.5, 0.6) is 5.75 Å². The second kappa shape index (κ2) is 5.07. The van der Waals surface area contributed by atoms with Gasteiger partial charge in [0.25, 0.3) is 0 Å². The van der Waals surface area contributed by atoms with Crippen LogP contribution in [0.25, 0.3) is 10.9 Å². The largest absolute Gasteiger partial charge is 0.507 e. The van der Waals surface area contributed by atoms with E-state index in [1.807, 2.05) is 0 Å². The summed E-state index contributed by atoms with van der Waals surface area (Å²) < 4.78 is 5.52. The first-order valence-corrected chi connectivity index (χ1v) is 6.96. The molecule has 0 radical (unpaired) electrons. The van der Waals surface area contributed by atoms with Gasteiger partial charge in [-0.1, -0.05) is 11.6 Å². The molecule has 2 aromatic rings. The molecule has 0 bridgehead atoms. The molecule has 0 amide bonds. The third-order valence-corrected chi connectivity index (χ3v) is 3.86. The quantitative estimate of drug-likeness (QED) is 0.819. The van der Waals surface area contributed by atoms with Crippen molar-refractivity contribution in [3.05, 3.63) is 23.5 Å². The van der Waals surface area contributed by atoms with Crippen LogP contribution in [0, 0.1) is 0 Å². The predicted octanol–water partition coefficient (Wildman–Crippen LogP) is 2.60. The summed E-state index contributed by atoms with van der Waals surface area (Å²) in [5.41, 5.74) is 0.523. The monoisotopic (exact) mass is 293 g/mol. The van der Waals surface area contributed by atoms with Gasteiger partial charge in [-0.3, -0.25) is 0 Å². The van der Waals surface area contributed by atoms with E-state index in [1.165, 1.54) is 0 Å². The Balaban J connectivity index is 2.14. The molecule has 2 aromatic heterocycles. The van der Waals surface area contributed by atoms with Gasteiger partial charge in [0.15, 0.2) is 5.15 Å². The van der Waals surface area contributed by atoms with E-state index in [2.05, 4.69) is 28.7 Å². The van der Waals surface area contributed by atoms with Crippen LogP contribution in [0.3, 0.4) is 0 Å². The number of ether oxygens (including phenoxy) is 1. The van der Waals surface area contributed by atoms with Crippen LogP contribution in [-0.4, -0.2) is 40.4 Å². The van der Waals surface area contributed by atoms with E-state index in [9.17, 15) is 5.11 Å². The zero-order valence-electron chi connectivity index (χ0n) is 11.4. The maximum atomic E-state index is 10.2. The zero-order valence-corrected chi connectivity index (χ0v) is 12.1. The van der Waals surface area contributed by atoms with Gasteiger partial charge in [0.2, 0.25) is 0 Å². The van der Waals surface area contributed by atoms with Crippen LogP contribution in [0.15, 0.2) is 18.3 Å². The number of halogens is 1. The van der Waals surface area contributed by atoms with Crippen LogP contribution in [-0.2, 0) is 4.74 Å². The summed E-state index contributed by atoms with van der Waals surface area (Å²) in [7, 11) is 0.